The van der Waals surface area contributed by atoms with Crippen LogP contribution in [0, 0.1) is 0 Å². The molecule has 1 unspecified atom stereocenters. The molecule has 1 aromatic carbocycles. The van der Waals surface area contributed by atoms with E-state index >= 15 is 0 Å². The lowest BCUT2D eigenvalue weighted by Gasteiger charge is -2.30. The van der Waals surface area contributed by atoms with Crippen LogP contribution >= 0.6 is 0 Å². The normalized spacial score (nSPS) is 13.7. The molecule has 0 aromatic heterocycles. The summed E-state index contributed by atoms with van der Waals surface area (Å²) in [7, 11) is 0. The maximum Gasteiger partial charge on any atom is 0.0195 e. The van der Waals surface area contributed by atoms with Gasteiger partial charge in [0.05, 0.1) is 0 Å². The van der Waals surface area contributed by atoms with Gasteiger partial charge in [-0.3, -0.25) is 0 Å². The van der Waals surface area contributed by atoms with Crippen LogP contribution in [0.5, 0.6) is 0 Å². The van der Waals surface area contributed by atoms with E-state index in [1.165, 1.54) is 95.5 Å². The van der Waals surface area contributed by atoms with Crippen molar-refractivity contribution in [1.29, 1.82) is 0 Å². The van der Waals surface area contributed by atoms with Gasteiger partial charge in [0.1, 0.15) is 0 Å². The Labute approximate surface area is 157 Å². The minimum absolute atomic E-state index is 0.00267. The molecule has 25 heavy (non-hydrogen) atoms. The summed E-state index contributed by atoms with van der Waals surface area (Å²) in [6.45, 7) is 4.56. The van der Waals surface area contributed by atoms with Crippen molar-refractivity contribution in [1.82, 2.24) is 0 Å². The highest BCUT2D eigenvalue weighted by Crippen LogP contribution is 2.25. The van der Waals surface area contributed by atoms with Crippen molar-refractivity contribution in [3.05, 3.63) is 35.9 Å². The molecule has 144 valence electrons. The molecule has 0 saturated heterocycles. The van der Waals surface area contributed by atoms with Gasteiger partial charge in [0, 0.05) is 5.54 Å². The number of nitrogens with two attached hydrogens (primary N) is 1. The molecule has 1 aromatic rings. The summed E-state index contributed by atoms with van der Waals surface area (Å²) < 4.78 is 0. The van der Waals surface area contributed by atoms with E-state index in [1.54, 1.807) is 0 Å². The van der Waals surface area contributed by atoms with Crippen LogP contribution in [0.3, 0.4) is 0 Å². The molecule has 1 heteroatoms. The standard InChI is InChI=1S/C24H43N/c1-3-5-7-9-10-11-12-17-21-24(25,20-16-8-6-4-2)22-23-18-14-13-15-19-23/h13-15,18-19H,3-12,16-17,20-22,25H2,1-2H3. The zero-order chi connectivity index (χ0) is 18.2. The average Bonchev–Trinajstić information content (AvgIpc) is 2.62. The zero-order valence-electron chi connectivity index (χ0n) is 17.1. The van der Waals surface area contributed by atoms with E-state index in [4.69, 9.17) is 5.73 Å². The van der Waals surface area contributed by atoms with Crippen LogP contribution in [-0.4, -0.2) is 5.54 Å². The summed E-state index contributed by atoms with van der Waals surface area (Å²) in [6, 6.07) is 10.9. The van der Waals surface area contributed by atoms with Gasteiger partial charge in [-0.2, -0.15) is 0 Å². The molecule has 0 aliphatic carbocycles. The zero-order valence-corrected chi connectivity index (χ0v) is 17.1. The van der Waals surface area contributed by atoms with E-state index in [0.717, 1.165) is 6.42 Å². The Kier molecular flexibility index (Phi) is 12.8. The molecule has 0 saturated carbocycles. The minimum Gasteiger partial charge on any atom is -0.325 e. The van der Waals surface area contributed by atoms with E-state index in [2.05, 4.69) is 44.2 Å². The number of hydrogen-bond donors (Lipinski definition) is 1. The summed E-state index contributed by atoms with van der Waals surface area (Å²) >= 11 is 0. The molecular weight excluding hydrogens is 302 g/mol. The second-order valence-corrected chi connectivity index (χ2v) is 8.06. The largest absolute Gasteiger partial charge is 0.325 e. The lowest BCUT2D eigenvalue weighted by atomic mass is 9.82. The predicted octanol–water partition coefficient (Wildman–Crippen LogP) is 7.43. The SMILES string of the molecule is CCCCCCCCCCC(N)(CCCCCC)Cc1ccccc1. The Hall–Kier alpha value is -0.820. The topological polar surface area (TPSA) is 26.0 Å². The van der Waals surface area contributed by atoms with Crippen LogP contribution in [-0.2, 0) is 6.42 Å². The summed E-state index contributed by atoms with van der Waals surface area (Å²) in [6.07, 6.45) is 19.7. The summed E-state index contributed by atoms with van der Waals surface area (Å²) in [5, 5.41) is 0. The molecule has 2 N–H and O–H groups in total. The first-order valence-corrected chi connectivity index (χ1v) is 11.0. The van der Waals surface area contributed by atoms with Crippen molar-refractivity contribution in [2.45, 2.75) is 116 Å². The maximum atomic E-state index is 6.89. The van der Waals surface area contributed by atoms with Crippen molar-refractivity contribution in [2.75, 3.05) is 0 Å². The quantitative estimate of drug-likeness (QED) is 0.310. The Morgan fingerprint density at radius 2 is 1.08 bits per heavy atom. The van der Waals surface area contributed by atoms with E-state index in [1.807, 2.05) is 0 Å². The van der Waals surface area contributed by atoms with Gasteiger partial charge in [-0.05, 0) is 24.8 Å². The molecule has 0 heterocycles. The molecule has 0 aliphatic rings. The molecule has 1 nitrogen and oxygen atoms in total. The molecular formula is C24H43N. The molecule has 1 rings (SSSR count). The summed E-state index contributed by atoms with van der Waals surface area (Å²) in [4.78, 5) is 0. The molecule has 0 bridgehead atoms. The van der Waals surface area contributed by atoms with Crippen LogP contribution in [0.1, 0.15) is 109 Å². The first kappa shape index (κ1) is 22.2. The highest BCUT2D eigenvalue weighted by Gasteiger charge is 2.24. The number of benzene rings is 1. The fourth-order valence-electron chi connectivity index (χ4n) is 3.82. The molecule has 0 spiro atoms. The van der Waals surface area contributed by atoms with Crippen LogP contribution in [0.4, 0.5) is 0 Å². The number of hydrogen-bond acceptors (Lipinski definition) is 1. The maximum absolute atomic E-state index is 6.89. The fraction of sp³-hybridized carbons (Fsp3) is 0.750. The Balaban J connectivity index is 2.34. The van der Waals surface area contributed by atoms with Crippen LogP contribution in [0.25, 0.3) is 0 Å². The van der Waals surface area contributed by atoms with Gasteiger partial charge in [-0.1, -0.05) is 121 Å². The highest BCUT2D eigenvalue weighted by molar-refractivity contribution is 5.17. The van der Waals surface area contributed by atoms with Gasteiger partial charge in [-0.25, -0.2) is 0 Å². The second kappa shape index (κ2) is 14.4. The molecule has 1 atom stereocenters. The van der Waals surface area contributed by atoms with Gasteiger partial charge >= 0.3 is 0 Å². The Morgan fingerprint density at radius 1 is 0.640 bits per heavy atom. The molecule has 0 fully saturated rings. The lowest BCUT2D eigenvalue weighted by Crippen LogP contribution is -2.42. The van der Waals surface area contributed by atoms with Gasteiger partial charge in [-0.15, -0.1) is 0 Å². The van der Waals surface area contributed by atoms with Crippen molar-refractivity contribution in [2.24, 2.45) is 5.73 Å². The van der Waals surface area contributed by atoms with Crippen molar-refractivity contribution >= 4 is 0 Å². The van der Waals surface area contributed by atoms with E-state index in [9.17, 15) is 0 Å². The third-order valence-corrected chi connectivity index (χ3v) is 5.46. The van der Waals surface area contributed by atoms with Crippen molar-refractivity contribution in [3.8, 4) is 0 Å². The highest BCUT2D eigenvalue weighted by atomic mass is 14.7. The summed E-state index contributed by atoms with van der Waals surface area (Å²) in [5.41, 5.74) is 8.29. The van der Waals surface area contributed by atoms with Crippen molar-refractivity contribution < 1.29 is 0 Å². The predicted molar refractivity (Wildman–Crippen MR) is 113 cm³/mol. The minimum atomic E-state index is -0.00267. The fourth-order valence-corrected chi connectivity index (χ4v) is 3.82. The van der Waals surface area contributed by atoms with Gasteiger partial charge < -0.3 is 5.73 Å². The monoisotopic (exact) mass is 345 g/mol. The first-order chi connectivity index (χ1) is 12.2. The average molecular weight is 346 g/mol. The van der Waals surface area contributed by atoms with Crippen molar-refractivity contribution in [3.63, 3.8) is 0 Å². The third-order valence-electron chi connectivity index (χ3n) is 5.46. The molecule has 0 amide bonds. The molecule has 0 radical (unpaired) electrons. The number of unbranched alkanes of at least 4 members (excludes halogenated alkanes) is 10. The van der Waals surface area contributed by atoms with E-state index in [0.29, 0.717) is 0 Å². The third kappa shape index (κ3) is 11.4. The Morgan fingerprint density at radius 3 is 1.60 bits per heavy atom. The van der Waals surface area contributed by atoms with Gasteiger partial charge in [0.2, 0.25) is 0 Å². The second-order valence-electron chi connectivity index (χ2n) is 8.06. The van der Waals surface area contributed by atoms with E-state index in [-0.39, 0.29) is 5.54 Å². The van der Waals surface area contributed by atoms with Gasteiger partial charge in [0.25, 0.3) is 0 Å². The summed E-state index contributed by atoms with van der Waals surface area (Å²) in [5.74, 6) is 0. The van der Waals surface area contributed by atoms with E-state index < -0.39 is 0 Å². The van der Waals surface area contributed by atoms with Gasteiger partial charge in [0.15, 0.2) is 0 Å². The van der Waals surface area contributed by atoms with Crippen LogP contribution in [0.15, 0.2) is 30.3 Å². The van der Waals surface area contributed by atoms with Crippen LogP contribution in [0.2, 0.25) is 0 Å². The molecule has 0 aliphatic heterocycles. The number of rotatable bonds is 16. The lowest BCUT2D eigenvalue weighted by molar-refractivity contribution is 0.332. The Bertz CT molecular complexity index is 400. The first-order valence-electron chi connectivity index (χ1n) is 11.0. The smallest absolute Gasteiger partial charge is 0.0195 e. The van der Waals surface area contributed by atoms with Crippen LogP contribution < -0.4 is 5.73 Å².